The molecule has 1 atom stereocenters. The minimum Gasteiger partial charge on any atom is -0.486 e. The molecule has 1 aliphatic rings. The first-order valence-corrected chi connectivity index (χ1v) is 13.8. The molecule has 194 valence electrons. The van der Waals surface area contributed by atoms with E-state index in [0.717, 1.165) is 33.9 Å². The zero-order valence-corrected chi connectivity index (χ0v) is 22.5. The number of carbonyl (C=O) groups is 2. The molecule has 1 aliphatic heterocycles. The summed E-state index contributed by atoms with van der Waals surface area (Å²) in [6.07, 6.45) is 1.29. The van der Waals surface area contributed by atoms with Crippen LogP contribution in [0.25, 0.3) is 0 Å². The van der Waals surface area contributed by atoms with Crippen molar-refractivity contribution in [2.75, 3.05) is 6.54 Å². The van der Waals surface area contributed by atoms with Gasteiger partial charge in [-0.15, -0.1) is 11.3 Å². The van der Waals surface area contributed by atoms with E-state index in [4.69, 9.17) is 4.74 Å². The van der Waals surface area contributed by atoms with Gasteiger partial charge < -0.3 is 15.0 Å². The lowest BCUT2D eigenvalue weighted by Crippen LogP contribution is -2.40. The Kier molecular flexibility index (Phi) is 7.84. The number of aryl methyl sites for hydroxylation is 1. The van der Waals surface area contributed by atoms with Crippen molar-refractivity contribution in [3.63, 3.8) is 0 Å². The number of benzene rings is 3. The summed E-state index contributed by atoms with van der Waals surface area (Å²) in [5.74, 6) is 0.664. The van der Waals surface area contributed by atoms with Gasteiger partial charge in [-0.05, 0) is 47.7 Å². The number of aromatic nitrogens is 1. The molecule has 2 heterocycles. The third kappa shape index (κ3) is 5.78. The van der Waals surface area contributed by atoms with E-state index in [-0.39, 0.29) is 24.5 Å². The first-order chi connectivity index (χ1) is 18.5. The molecular formula is C31H31N3O3S. The minimum absolute atomic E-state index is 0.143. The highest BCUT2D eigenvalue weighted by molar-refractivity contribution is 7.09. The average Bonchev–Trinajstić information content (AvgIpc) is 3.44. The van der Waals surface area contributed by atoms with Gasteiger partial charge in [0.1, 0.15) is 23.1 Å². The van der Waals surface area contributed by atoms with Crippen molar-refractivity contribution in [3.05, 3.63) is 117 Å². The quantitative estimate of drug-likeness (QED) is 0.314. The standard InChI is InChI=1S/C31H31N3O3S/c1-3-29(35)34-16-15-23-13-14-25(17-26(23)30(34)24-11-9-21(2)10-12-24)37-19-28-33-27(20-38-28)31(36)32-18-22-7-5-4-6-8-22/h4-14,17,20,30H,3,15-16,18-19H2,1-2H3,(H,32,36)/t30-/m0/s1. The molecule has 0 aliphatic carbocycles. The Bertz CT molecular complexity index is 1420. The number of nitrogens with one attached hydrogen (secondary N) is 1. The van der Waals surface area contributed by atoms with Crippen LogP contribution in [0.3, 0.4) is 0 Å². The predicted octanol–water partition coefficient (Wildman–Crippen LogP) is 5.84. The highest BCUT2D eigenvalue weighted by Gasteiger charge is 2.31. The molecule has 38 heavy (non-hydrogen) atoms. The monoisotopic (exact) mass is 525 g/mol. The number of fused-ring (bicyclic) bond motifs is 1. The largest absolute Gasteiger partial charge is 0.486 e. The number of ether oxygens (including phenoxy) is 1. The van der Waals surface area contributed by atoms with Crippen molar-refractivity contribution < 1.29 is 14.3 Å². The summed E-state index contributed by atoms with van der Waals surface area (Å²) in [6, 6.07) is 24.2. The smallest absolute Gasteiger partial charge is 0.271 e. The second-order valence-electron chi connectivity index (χ2n) is 9.45. The van der Waals surface area contributed by atoms with Crippen LogP contribution in [-0.4, -0.2) is 28.2 Å². The van der Waals surface area contributed by atoms with E-state index in [9.17, 15) is 9.59 Å². The van der Waals surface area contributed by atoms with E-state index < -0.39 is 0 Å². The Morgan fingerprint density at radius 3 is 2.63 bits per heavy atom. The van der Waals surface area contributed by atoms with Crippen molar-refractivity contribution in [2.24, 2.45) is 0 Å². The van der Waals surface area contributed by atoms with E-state index in [0.29, 0.717) is 25.2 Å². The lowest BCUT2D eigenvalue weighted by atomic mass is 9.87. The van der Waals surface area contributed by atoms with Crippen LogP contribution in [0.15, 0.2) is 78.2 Å². The summed E-state index contributed by atoms with van der Waals surface area (Å²) in [7, 11) is 0. The summed E-state index contributed by atoms with van der Waals surface area (Å²) < 4.78 is 6.12. The van der Waals surface area contributed by atoms with Crippen molar-refractivity contribution >= 4 is 23.2 Å². The Labute approximate surface area is 227 Å². The summed E-state index contributed by atoms with van der Waals surface area (Å²) in [5, 5.41) is 5.40. The van der Waals surface area contributed by atoms with Gasteiger partial charge in [0.25, 0.3) is 5.91 Å². The molecule has 2 amide bonds. The van der Waals surface area contributed by atoms with Crippen LogP contribution < -0.4 is 10.1 Å². The third-order valence-corrected chi connectivity index (χ3v) is 7.63. The predicted molar refractivity (Wildman–Crippen MR) is 149 cm³/mol. The molecule has 0 radical (unpaired) electrons. The van der Waals surface area contributed by atoms with Gasteiger partial charge in [-0.1, -0.05) is 73.2 Å². The van der Waals surface area contributed by atoms with Crippen LogP contribution in [0.4, 0.5) is 0 Å². The summed E-state index contributed by atoms with van der Waals surface area (Å²) in [6.45, 7) is 5.40. The Hall–Kier alpha value is -3.97. The molecule has 7 heteroatoms. The van der Waals surface area contributed by atoms with Gasteiger partial charge >= 0.3 is 0 Å². The molecule has 3 aromatic carbocycles. The number of nitrogens with zero attached hydrogens (tertiary/aromatic N) is 2. The number of rotatable bonds is 8. The molecule has 5 rings (SSSR count). The van der Waals surface area contributed by atoms with Gasteiger partial charge in [0, 0.05) is 24.9 Å². The molecule has 0 fully saturated rings. The SMILES string of the molecule is CCC(=O)N1CCc2ccc(OCc3nc(C(=O)NCc4ccccc4)cs3)cc2[C@@H]1c1ccc(C)cc1. The minimum atomic E-state index is -0.202. The number of hydrogen-bond acceptors (Lipinski definition) is 5. The molecule has 0 spiro atoms. The summed E-state index contributed by atoms with van der Waals surface area (Å²) in [4.78, 5) is 31.8. The number of thiazole rings is 1. The highest BCUT2D eigenvalue weighted by Crippen LogP contribution is 2.37. The Morgan fingerprint density at radius 2 is 1.87 bits per heavy atom. The first-order valence-electron chi connectivity index (χ1n) is 12.9. The second kappa shape index (κ2) is 11.6. The Morgan fingerprint density at radius 1 is 1.08 bits per heavy atom. The maximum absolute atomic E-state index is 12.9. The topological polar surface area (TPSA) is 71.5 Å². The van der Waals surface area contributed by atoms with Crippen molar-refractivity contribution in [2.45, 2.75) is 45.9 Å². The lowest BCUT2D eigenvalue weighted by Gasteiger charge is -2.38. The molecule has 0 saturated heterocycles. The van der Waals surface area contributed by atoms with Crippen molar-refractivity contribution in [1.29, 1.82) is 0 Å². The molecule has 1 aromatic heterocycles. The van der Waals surface area contributed by atoms with Crippen LogP contribution in [0.2, 0.25) is 0 Å². The van der Waals surface area contributed by atoms with Gasteiger partial charge in [0.2, 0.25) is 5.91 Å². The molecule has 6 nitrogen and oxygen atoms in total. The molecule has 0 bridgehead atoms. The zero-order chi connectivity index (χ0) is 26.5. The van der Waals surface area contributed by atoms with E-state index in [1.54, 1.807) is 5.38 Å². The van der Waals surface area contributed by atoms with Crippen LogP contribution in [0.5, 0.6) is 5.75 Å². The second-order valence-corrected chi connectivity index (χ2v) is 10.4. The van der Waals surface area contributed by atoms with E-state index in [2.05, 4.69) is 53.6 Å². The van der Waals surface area contributed by atoms with Gasteiger partial charge in [-0.3, -0.25) is 9.59 Å². The van der Waals surface area contributed by atoms with Gasteiger partial charge in [-0.25, -0.2) is 4.98 Å². The third-order valence-electron chi connectivity index (χ3n) is 6.80. The van der Waals surface area contributed by atoms with Crippen LogP contribution in [-0.2, 0) is 24.4 Å². The van der Waals surface area contributed by atoms with Crippen molar-refractivity contribution in [1.82, 2.24) is 15.2 Å². The first kappa shape index (κ1) is 25.7. The highest BCUT2D eigenvalue weighted by atomic mass is 32.1. The van der Waals surface area contributed by atoms with Gasteiger partial charge in [0.15, 0.2) is 0 Å². The normalized spacial score (nSPS) is 14.6. The van der Waals surface area contributed by atoms with Gasteiger partial charge in [0.05, 0.1) is 6.04 Å². The fraction of sp³-hybridized carbons (Fsp3) is 0.258. The lowest BCUT2D eigenvalue weighted by molar-refractivity contribution is -0.132. The van der Waals surface area contributed by atoms with E-state index >= 15 is 0 Å². The maximum Gasteiger partial charge on any atom is 0.271 e. The molecule has 1 N–H and O–H groups in total. The van der Waals surface area contributed by atoms with Crippen LogP contribution >= 0.6 is 11.3 Å². The van der Waals surface area contributed by atoms with E-state index in [1.807, 2.05) is 48.2 Å². The Balaban J connectivity index is 1.29. The number of amides is 2. The molecule has 0 saturated carbocycles. The zero-order valence-electron chi connectivity index (χ0n) is 21.6. The van der Waals surface area contributed by atoms with Crippen LogP contribution in [0, 0.1) is 6.92 Å². The average molecular weight is 526 g/mol. The molecular weight excluding hydrogens is 494 g/mol. The number of hydrogen-bond donors (Lipinski definition) is 1. The molecule has 4 aromatic rings. The van der Waals surface area contributed by atoms with Gasteiger partial charge in [-0.2, -0.15) is 0 Å². The molecule has 0 unspecified atom stereocenters. The van der Waals surface area contributed by atoms with E-state index in [1.165, 1.54) is 22.5 Å². The van der Waals surface area contributed by atoms with Crippen LogP contribution in [0.1, 0.15) is 62.7 Å². The van der Waals surface area contributed by atoms with Crippen molar-refractivity contribution in [3.8, 4) is 5.75 Å². The fourth-order valence-corrected chi connectivity index (χ4v) is 5.44. The maximum atomic E-state index is 12.9. The fourth-order valence-electron chi connectivity index (χ4n) is 4.76. The number of carbonyl (C=O) groups excluding carboxylic acids is 2. The summed E-state index contributed by atoms with van der Waals surface area (Å²) in [5.41, 5.74) is 6.04. The summed E-state index contributed by atoms with van der Waals surface area (Å²) >= 11 is 1.40.